The fourth-order valence-electron chi connectivity index (χ4n) is 3.80. The number of hydrogen-bond acceptors (Lipinski definition) is 3. The van der Waals surface area contributed by atoms with E-state index >= 15 is 0 Å². The van der Waals surface area contributed by atoms with Gasteiger partial charge >= 0.3 is 0 Å². The molecule has 26 heavy (non-hydrogen) atoms. The minimum absolute atomic E-state index is 0.0649. The largest absolute Gasteiger partial charge is 0.379 e. The van der Waals surface area contributed by atoms with Crippen LogP contribution in [0.15, 0.2) is 0 Å². The number of nitrogens with one attached hydrogen (secondary N) is 1. The highest BCUT2D eigenvalue weighted by atomic mass is 16.3. The molecule has 0 aliphatic carbocycles. The Hall–Kier alpha value is -0.900. The molecular formula is C22H41NO3. The summed E-state index contributed by atoms with van der Waals surface area (Å²) in [6, 6.07) is 0. The highest BCUT2D eigenvalue weighted by Gasteiger charge is 2.44. The number of carbonyl (C=O) groups is 2. The molecule has 2 amide bonds. The number of hydrogen-bond donors (Lipinski definition) is 2. The number of unbranched alkanes of at least 4 members (excludes halogenated alkanes) is 15. The molecule has 0 aromatic carbocycles. The van der Waals surface area contributed by atoms with Gasteiger partial charge in [0.05, 0.1) is 6.42 Å². The van der Waals surface area contributed by atoms with Crippen molar-refractivity contribution in [2.45, 2.75) is 128 Å². The highest BCUT2D eigenvalue weighted by Crippen LogP contribution is 2.24. The topological polar surface area (TPSA) is 66.4 Å². The van der Waals surface area contributed by atoms with Crippen LogP contribution in [0.1, 0.15) is 122 Å². The maximum Gasteiger partial charge on any atom is 0.259 e. The second kappa shape index (κ2) is 14.2. The Morgan fingerprint density at radius 1 is 0.731 bits per heavy atom. The summed E-state index contributed by atoms with van der Waals surface area (Å²) in [4.78, 5) is 22.7. The van der Waals surface area contributed by atoms with Gasteiger partial charge < -0.3 is 5.11 Å². The van der Waals surface area contributed by atoms with Gasteiger partial charge in [0.15, 0.2) is 5.60 Å². The zero-order chi connectivity index (χ0) is 19.1. The average molecular weight is 368 g/mol. The summed E-state index contributed by atoms with van der Waals surface area (Å²) >= 11 is 0. The van der Waals surface area contributed by atoms with E-state index < -0.39 is 11.5 Å². The lowest BCUT2D eigenvalue weighted by molar-refractivity contribution is -0.135. The van der Waals surface area contributed by atoms with Gasteiger partial charge in [0.25, 0.3) is 5.91 Å². The van der Waals surface area contributed by atoms with E-state index in [1.54, 1.807) is 0 Å². The lowest BCUT2D eigenvalue weighted by Crippen LogP contribution is -2.37. The van der Waals surface area contributed by atoms with Crippen molar-refractivity contribution in [3.8, 4) is 0 Å². The van der Waals surface area contributed by atoms with E-state index in [-0.39, 0.29) is 12.3 Å². The first-order chi connectivity index (χ1) is 12.6. The highest BCUT2D eigenvalue weighted by molar-refractivity contribution is 6.07. The van der Waals surface area contributed by atoms with Crippen LogP contribution < -0.4 is 5.32 Å². The summed E-state index contributed by atoms with van der Waals surface area (Å²) in [5.41, 5.74) is -1.44. The quantitative estimate of drug-likeness (QED) is 0.267. The molecule has 0 aromatic rings. The molecule has 0 bridgehead atoms. The van der Waals surface area contributed by atoms with E-state index in [1.807, 2.05) is 0 Å². The van der Waals surface area contributed by atoms with Gasteiger partial charge in [-0.1, -0.05) is 110 Å². The molecule has 0 aromatic heterocycles. The predicted octanol–water partition coefficient (Wildman–Crippen LogP) is 5.42. The van der Waals surface area contributed by atoms with E-state index in [0.29, 0.717) is 6.42 Å². The van der Waals surface area contributed by atoms with Crippen LogP contribution in [-0.4, -0.2) is 22.5 Å². The lowest BCUT2D eigenvalue weighted by Gasteiger charge is -2.17. The van der Waals surface area contributed by atoms with E-state index in [0.717, 1.165) is 19.3 Å². The van der Waals surface area contributed by atoms with Gasteiger partial charge in [-0.15, -0.1) is 0 Å². The molecule has 4 heteroatoms. The summed E-state index contributed by atoms with van der Waals surface area (Å²) in [6.07, 6.45) is 21.2. The van der Waals surface area contributed by atoms with Gasteiger partial charge in [-0.05, 0) is 6.42 Å². The Balaban J connectivity index is 1.79. The van der Waals surface area contributed by atoms with Crippen molar-refractivity contribution in [1.29, 1.82) is 0 Å². The molecule has 4 nitrogen and oxygen atoms in total. The normalized spacial score (nSPS) is 19.9. The fourth-order valence-corrected chi connectivity index (χ4v) is 3.80. The molecule has 1 fully saturated rings. The van der Waals surface area contributed by atoms with Crippen LogP contribution in [-0.2, 0) is 9.59 Å². The van der Waals surface area contributed by atoms with Gasteiger partial charge in [-0.2, -0.15) is 0 Å². The summed E-state index contributed by atoms with van der Waals surface area (Å²) in [6.45, 7) is 2.27. The molecule has 1 unspecified atom stereocenters. The van der Waals surface area contributed by atoms with Gasteiger partial charge in [-0.3, -0.25) is 14.9 Å². The first-order valence-corrected chi connectivity index (χ1v) is 11.1. The molecule has 2 N–H and O–H groups in total. The standard InChI is InChI=1S/C22H41NO3/c1-2-3-4-5-6-7-8-9-10-11-12-13-14-15-16-17-18-22(26)19-20(24)23-21(22)25/h26H,2-19H2,1H3,(H,23,24,25). The van der Waals surface area contributed by atoms with Crippen LogP contribution in [0.25, 0.3) is 0 Å². The van der Waals surface area contributed by atoms with Crippen molar-refractivity contribution >= 4 is 11.8 Å². The molecule has 0 spiro atoms. The maximum absolute atomic E-state index is 11.5. The predicted molar refractivity (Wildman–Crippen MR) is 107 cm³/mol. The molecule has 1 aliphatic heterocycles. The molecule has 152 valence electrons. The third-order valence-corrected chi connectivity index (χ3v) is 5.57. The average Bonchev–Trinajstić information content (AvgIpc) is 2.86. The van der Waals surface area contributed by atoms with Crippen LogP contribution >= 0.6 is 0 Å². The lowest BCUT2D eigenvalue weighted by atomic mass is 9.94. The third-order valence-electron chi connectivity index (χ3n) is 5.57. The smallest absolute Gasteiger partial charge is 0.259 e. The second-order valence-electron chi connectivity index (χ2n) is 8.14. The number of amides is 2. The second-order valence-corrected chi connectivity index (χ2v) is 8.14. The van der Waals surface area contributed by atoms with Crippen LogP contribution in [0.4, 0.5) is 0 Å². The maximum atomic E-state index is 11.5. The zero-order valence-electron chi connectivity index (χ0n) is 17.0. The van der Waals surface area contributed by atoms with Crippen molar-refractivity contribution in [2.75, 3.05) is 0 Å². The van der Waals surface area contributed by atoms with E-state index in [1.165, 1.54) is 83.5 Å². The minimum Gasteiger partial charge on any atom is -0.379 e. The monoisotopic (exact) mass is 367 g/mol. The Kier molecular flexibility index (Phi) is 12.6. The summed E-state index contributed by atoms with van der Waals surface area (Å²) in [5.74, 6) is -0.863. The molecule has 1 rings (SSSR count). The van der Waals surface area contributed by atoms with E-state index in [9.17, 15) is 14.7 Å². The molecule has 1 saturated heterocycles. The van der Waals surface area contributed by atoms with Crippen molar-refractivity contribution in [3.63, 3.8) is 0 Å². The van der Waals surface area contributed by atoms with Crippen molar-refractivity contribution in [3.05, 3.63) is 0 Å². The number of rotatable bonds is 17. The van der Waals surface area contributed by atoms with Crippen molar-refractivity contribution < 1.29 is 14.7 Å². The summed E-state index contributed by atoms with van der Waals surface area (Å²) < 4.78 is 0. The molecule has 1 heterocycles. The Bertz CT molecular complexity index is 397. The molecule has 0 saturated carbocycles. The summed E-state index contributed by atoms with van der Waals surface area (Å²) in [7, 11) is 0. The number of aliphatic hydroxyl groups is 1. The van der Waals surface area contributed by atoms with Crippen LogP contribution in [0, 0.1) is 0 Å². The third kappa shape index (κ3) is 10.3. The molecule has 1 atom stereocenters. The fraction of sp³-hybridized carbons (Fsp3) is 0.909. The van der Waals surface area contributed by atoms with Crippen LogP contribution in [0.5, 0.6) is 0 Å². The minimum atomic E-state index is -1.44. The number of imide groups is 1. The Morgan fingerprint density at radius 3 is 1.46 bits per heavy atom. The van der Waals surface area contributed by atoms with E-state index in [4.69, 9.17) is 0 Å². The van der Waals surface area contributed by atoms with Crippen LogP contribution in [0.3, 0.4) is 0 Å². The van der Waals surface area contributed by atoms with Gasteiger partial charge in [0.2, 0.25) is 5.91 Å². The van der Waals surface area contributed by atoms with Gasteiger partial charge in [0, 0.05) is 0 Å². The number of carbonyl (C=O) groups excluding carboxylic acids is 2. The SMILES string of the molecule is CCCCCCCCCCCCCCCCCCC1(O)CC(=O)NC1=O. The Labute approximate surface area is 160 Å². The molecular weight excluding hydrogens is 326 g/mol. The summed E-state index contributed by atoms with van der Waals surface area (Å²) in [5, 5.41) is 12.3. The van der Waals surface area contributed by atoms with Gasteiger partial charge in [0.1, 0.15) is 0 Å². The van der Waals surface area contributed by atoms with E-state index in [2.05, 4.69) is 12.2 Å². The van der Waals surface area contributed by atoms with Crippen molar-refractivity contribution in [2.24, 2.45) is 0 Å². The molecule has 0 radical (unpaired) electrons. The first-order valence-electron chi connectivity index (χ1n) is 11.1. The first kappa shape index (κ1) is 23.1. The van der Waals surface area contributed by atoms with Crippen LogP contribution in [0.2, 0.25) is 0 Å². The zero-order valence-corrected chi connectivity index (χ0v) is 17.0. The molecule has 1 aliphatic rings. The van der Waals surface area contributed by atoms with Gasteiger partial charge in [-0.25, -0.2) is 0 Å². The van der Waals surface area contributed by atoms with Crippen molar-refractivity contribution in [1.82, 2.24) is 5.32 Å². The Morgan fingerprint density at radius 2 is 1.12 bits per heavy atom.